The van der Waals surface area contributed by atoms with Gasteiger partial charge in [0.1, 0.15) is 0 Å². The maximum absolute atomic E-state index is 13.1. The monoisotopic (exact) mass is 351 g/mol. The van der Waals surface area contributed by atoms with Gasteiger partial charge in [0.15, 0.2) is 0 Å². The number of carbonyl (C=O) groups excluding carboxylic acids is 1. The fourth-order valence-electron chi connectivity index (χ4n) is 3.01. The molecule has 0 spiro atoms. The largest absolute Gasteiger partial charge is 0.309 e. The molecule has 0 aromatic heterocycles. The Balaban J connectivity index is 3.14. The molecule has 0 atom stereocenters. The van der Waals surface area contributed by atoms with Crippen molar-refractivity contribution < 1.29 is 4.79 Å². The van der Waals surface area contributed by atoms with E-state index in [1.807, 2.05) is 29.2 Å². The highest BCUT2D eigenvalue weighted by atomic mass is 35.5. The van der Waals surface area contributed by atoms with E-state index in [0.717, 1.165) is 44.2 Å². The lowest BCUT2D eigenvalue weighted by molar-refractivity contribution is -0.120. The van der Waals surface area contributed by atoms with Gasteiger partial charge in [0.05, 0.1) is 0 Å². The van der Waals surface area contributed by atoms with Crippen LogP contribution in [0.5, 0.6) is 0 Å². The highest BCUT2D eigenvalue weighted by Crippen LogP contribution is 2.29. The van der Waals surface area contributed by atoms with Crippen molar-refractivity contribution in [2.75, 3.05) is 4.90 Å². The summed E-state index contributed by atoms with van der Waals surface area (Å²) >= 11 is 6.20. The summed E-state index contributed by atoms with van der Waals surface area (Å²) in [6.45, 7) is 10.8. The molecular formula is C21H34ClNO. The third-order valence-electron chi connectivity index (χ3n) is 4.18. The highest BCUT2D eigenvalue weighted by Gasteiger charge is 2.28. The maximum Gasteiger partial charge on any atom is 0.227 e. The number of hydrogen-bond acceptors (Lipinski definition) is 1. The van der Waals surface area contributed by atoms with E-state index >= 15 is 0 Å². The summed E-state index contributed by atoms with van der Waals surface area (Å²) in [4.78, 5) is 15.2. The average molecular weight is 352 g/mol. The molecule has 0 fully saturated rings. The van der Waals surface area contributed by atoms with Gasteiger partial charge in [-0.15, -0.1) is 0 Å². The van der Waals surface area contributed by atoms with Crippen molar-refractivity contribution in [1.29, 1.82) is 0 Å². The Morgan fingerprint density at radius 2 is 1.71 bits per heavy atom. The van der Waals surface area contributed by atoms with Gasteiger partial charge in [0.25, 0.3) is 0 Å². The van der Waals surface area contributed by atoms with Gasteiger partial charge in [0, 0.05) is 23.2 Å². The van der Waals surface area contributed by atoms with Gasteiger partial charge in [-0.25, -0.2) is 0 Å². The van der Waals surface area contributed by atoms with Crippen LogP contribution in [-0.4, -0.2) is 11.9 Å². The topological polar surface area (TPSA) is 20.3 Å². The third-order valence-corrected chi connectivity index (χ3v) is 4.42. The van der Waals surface area contributed by atoms with E-state index in [1.54, 1.807) is 0 Å². The molecule has 0 heterocycles. The zero-order valence-electron chi connectivity index (χ0n) is 16.1. The summed E-state index contributed by atoms with van der Waals surface area (Å²) in [6, 6.07) is 8.00. The summed E-state index contributed by atoms with van der Waals surface area (Å²) in [5, 5.41) is 0.686. The lowest BCUT2D eigenvalue weighted by Gasteiger charge is -2.34. The number of hydrogen-bond donors (Lipinski definition) is 0. The zero-order chi connectivity index (χ0) is 18.2. The van der Waals surface area contributed by atoms with Crippen molar-refractivity contribution in [3.63, 3.8) is 0 Å². The van der Waals surface area contributed by atoms with E-state index in [0.29, 0.717) is 11.4 Å². The second kappa shape index (κ2) is 10.1. The van der Waals surface area contributed by atoms with Crippen LogP contribution in [0.15, 0.2) is 24.3 Å². The van der Waals surface area contributed by atoms with Gasteiger partial charge in [0.2, 0.25) is 5.91 Å². The van der Waals surface area contributed by atoms with E-state index in [1.165, 1.54) is 0 Å². The molecule has 3 heteroatoms. The Morgan fingerprint density at radius 3 is 2.17 bits per heavy atom. The molecule has 1 aromatic rings. The van der Waals surface area contributed by atoms with Crippen LogP contribution in [0.25, 0.3) is 0 Å². The van der Waals surface area contributed by atoms with Gasteiger partial charge >= 0.3 is 0 Å². The fourth-order valence-corrected chi connectivity index (χ4v) is 3.19. The van der Waals surface area contributed by atoms with Crippen molar-refractivity contribution in [1.82, 2.24) is 0 Å². The van der Waals surface area contributed by atoms with Crippen LogP contribution in [0, 0.1) is 5.41 Å². The molecule has 0 aliphatic carbocycles. The number of rotatable bonds is 9. The standard InChI is InChI=1S/C21H34ClNO/c1-6-8-12-18(13-9-7-2)23(20(24)16-21(3,4)5)19-14-10-11-17(22)15-19/h10-11,14-15,18H,6-9,12-13,16H2,1-5H3. The van der Waals surface area contributed by atoms with Crippen LogP contribution in [0.3, 0.4) is 0 Å². The van der Waals surface area contributed by atoms with Crippen molar-refractivity contribution in [2.24, 2.45) is 5.41 Å². The Kier molecular flexibility index (Phi) is 8.83. The quantitative estimate of drug-likeness (QED) is 0.476. The number of halogens is 1. The van der Waals surface area contributed by atoms with Crippen LogP contribution >= 0.6 is 11.6 Å². The first-order chi connectivity index (χ1) is 11.3. The summed E-state index contributed by atoms with van der Waals surface area (Å²) in [5.41, 5.74) is 0.919. The molecule has 2 nitrogen and oxygen atoms in total. The molecule has 0 saturated carbocycles. The first kappa shape index (κ1) is 21.0. The van der Waals surface area contributed by atoms with E-state index in [-0.39, 0.29) is 17.4 Å². The van der Waals surface area contributed by atoms with E-state index < -0.39 is 0 Å². The van der Waals surface area contributed by atoms with E-state index in [4.69, 9.17) is 11.6 Å². The molecular weight excluding hydrogens is 318 g/mol. The van der Waals surface area contributed by atoms with Crippen LogP contribution in [0.2, 0.25) is 5.02 Å². The molecule has 24 heavy (non-hydrogen) atoms. The third kappa shape index (κ3) is 7.25. The minimum Gasteiger partial charge on any atom is -0.309 e. The Labute approximate surface area is 153 Å². The summed E-state index contributed by atoms with van der Waals surface area (Å²) < 4.78 is 0. The van der Waals surface area contributed by atoms with Gasteiger partial charge in [-0.3, -0.25) is 4.79 Å². The second-order valence-corrected chi connectivity index (χ2v) is 8.36. The number of anilines is 1. The predicted octanol–water partition coefficient (Wildman–Crippen LogP) is 6.86. The van der Waals surface area contributed by atoms with Crippen molar-refractivity contribution in [3.05, 3.63) is 29.3 Å². The lowest BCUT2D eigenvalue weighted by atomic mass is 9.90. The first-order valence-corrected chi connectivity index (χ1v) is 9.74. The van der Waals surface area contributed by atoms with E-state index in [9.17, 15) is 4.79 Å². The van der Waals surface area contributed by atoms with Crippen LogP contribution in [0.1, 0.15) is 79.6 Å². The molecule has 0 bridgehead atoms. The van der Waals surface area contributed by atoms with Crippen molar-refractivity contribution in [3.8, 4) is 0 Å². The number of carbonyl (C=O) groups is 1. The molecule has 136 valence electrons. The molecule has 1 rings (SSSR count). The van der Waals surface area contributed by atoms with Crippen molar-refractivity contribution in [2.45, 2.75) is 85.6 Å². The van der Waals surface area contributed by atoms with Gasteiger partial charge < -0.3 is 4.90 Å². The summed E-state index contributed by atoms with van der Waals surface area (Å²) in [6.07, 6.45) is 7.26. The predicted molar refractivity (Wildman–Crippen MR) is 106 cm³/mol. The molecule has 1 aromatic carbocycles. The minimum absolute atomic E-state index is 0.0199. The van der Waals surface area contributed by atoms with E-state index in [2.05, 4.69) is 34.6 Å². The summed E-state index contributed by atoms with van der Waals surface area (Å²) in [5.74, 6) is 0.210. The van der Waals surface area contributed by atoms with Crippen LogP contribution < -0.4 is 4.90 Å². The van der Waals surface area contributed by atoms with Crippen molar-refractivity contribution >= 4 is 23.2 Å². The summed E-state index contributed by atoms with van der Waals surface area (Å²) in [7, 11) is 0. The first-order valence-electron chi connectivity index (χ1n) is 9.36. The second-order valence-electron chi connectivity index (χ2n) is 7.92. The molecule has 0 unspecified atom stereocenters. The highest BCUT2D eigenvalue weighted by molar-refractivity contribution is 6.30. The molecule has 1 amide bonds. The maximum atomic E-state index is 13.1. The number of unbranched alkanes of at least 4 members (excludes halogenated alkanes) is 2. The average Bonchev–Trinajstić information content (AvgIpc) is 2.48. The number of nitrogens with zero attached hydrogens (tertiary/aromatic N) is 1. The Bertz CT molecular complexity index is 499. The number of benzene rings is 1. The molecule has 0 radical (unpaired) electrons. The molecule has 0 aliphatic rings. The zero-order valence-corrected chi connectivity index (χ0v) is 16.8. The normalized spacial score (nSPS) is 11.8. The molecule has 0 N–H and O–H groups in total. The Morgan fingerprint density at radius 1 is 1.12 bits per heavy atom. The van der Waals surface area contributed by atoms with Gasteiger partial charge in [-0.05, 0) is 36.5 Å². The minimum atomic E-state index is -0.0199. The molecule has 0 aliphatic heterocycles. The van der Waals surface area contributed by atoms with Gasteiger partial charge in [-0.2, -0.15) is 0 Å². The smallest absolute Gasteiger partial charge is 0.227 e. The number of amides is 1. The Hall–Kier alpha value is -1.02. The van der Waals surface area contributed by atoms with Crippen LogP contribution in [-0.2, 0) is 4.79 Å². The van der Waals surface area contributed by atoms with Crippen LogP contribution in [0.4, 0.5) is 5.69 Å². The lowest BCUT2D eigenvalue weighted by Crippen LogP contribution is -2.42. The fraction of sp³-hybridized carbons (Fsp3) is 0.667. The molecule has 0 saturated heterocycles. The SMILES string of the molecule is CCCCC(CCCC)N(C(=O)CC(C)(C)C)c1cccc(Cl)c1. The van der Waals surface area contributed by atoms with Gasteiger partial charge in [-0.1, -0.05) is 78.0 Å².